The molecule has 0 saturated carbocycles. The van der Waals surface area contributed by atoms with Crippen molar-refractivity contribution in [2.24, 2.45) is 0 Å². The van der Waals surface area contributed by atoms with Crippen LogP contribution in [0.5, 0.6) is 5.75 Å². The van der Waals surface area contributed by atoms with Crippen LogP contribution in [-0.2, 0) is 4.79 Å². The number of carbonyl (C=O) groups excluding carboxylic acids is 1. The molecule has 2 aromatic carbocycles. The lowest BCUT2D eigenvalue weighted by Crippen LogP contribution is -2.13. The van der Waals surface area contributed by atoms with Gasteiger partial charge in [-0.1, -0.05) is 23.2 Å². The van der Waals surface area contributed by atoms with Crippen molar-refractivity contribution in [2.75, 3.05) is 12.4 Å². The number of methoxy groups -OCH3 is 1. The fourth-order valence-corrected chi connectivity index (χ4v) is 3.25. The average molecular weight is 445 g/mol. The number of ether oxygens (including phenoxy) is 1. The topological polar surface area (TPSA) is 79.9 Å². The number of halogens is 3. The number of nitrogens with zero attached hydrogens (tertiary/aromatic N) is 3. The molecule has 0 saturated heterocycles. The number of nitrogens with one attached hydrogen (secondary N) is 1. The van der Waals surface area contributed by atoms with Gasteiger partial charge < -0.3 is 10.1 Å². The number of rotatable bonds is 5. The molecule has 0 atom stereocenters. The van der Waals surface area contributed by atoms with E-state index in [2.05, 4.69) is 10.4 Å². The molecule has 0 fully saturated rings. The molecule has 6 nitrogen and oxygen atoms in total. The number of nitriles is 1. The number of amides is 1. The zero-order chi connectivity index (χ0) is 21.8. The van der Waals surface area contributed by atoms with Gasteiger partial charge >= 0.3 is 0 Å². The Labute approximate surface area is 182 Å². The summed E-state index contributed by atoms with van der Waals surface area (Å²) in [5.74, 6) is -0.564. The Kier molecular flexibility index (Phi) is 6.40. The van der Waals surface area contributed by atoms with Crippen molar-refractivity contribution in [1.82, 2.24) is 9.78 Å². The van der Waals surface area contributed by atoms with Crippen LogP contribution >= 0.6 is 23.2 Å². The maximum Gasteiger partial charge on any atom is 0.266 e. The summed E-state index contributed by atoms with van der Waals surface area (Å²) >= 11 is 12.5. The third-order valence-electron chi connectivity index (χ3n) is 4.18. The lowest BCUT2D eigenvalue weighted by Gasteiger charge is -2.07. The molecular weight excluding hydrogens is 430 g/mol. The minimum absolute atomic E-state index is 0.175. The molecule has 0 unspecified atom stereocenters. The molecule has 1 N–H and O–H groups in total. The minimum Gasteiger partial charge on any atom is -0.495 e. The summed E-state index contributed by atoms with van der Waals surface area (Å²) in [5, 5.41) is 16.9. The van der Waals surface area contributed by atoms with Crippen LogP contribution in [0.2, 0.25) is 10.2 Å². The van der Waals surface area contributed by atoms with E-state index in [0.29, 0.717) is 33.4 Å². The van der Waals surface area contributed by atoms with Crippen LogP contribution in [0.4, 0.5) is 10.1 Å². The summed E-state index contributed by atoms with van der Waals surface area (Å²) in [7, 11) is 1.48. The van der Waals surface area contributed by atoms with Gasteiger partial charge in [-0.15, -0.1) is 0 Å². The van der Waals surface area contributed by atoms with Crippen molar-refractivity contribution in [3.05, 3.63) is 75.3 Å². The molecule has 152 valence electrons. The molecule has 0 aliphatic carbocycles. The van der Waals surface area contributed by atoms with E-state index in [9.17, 15) is 14.4 Å². The van der Waals surface area contributed by atoms with Crippen molar-refractivity contribution >= 4 is 40.9 Å². The van der Waals surface area contributed by atoms with Gasteiger partial charge in [0.1, 0.15) is 28.4 Å². The summed E-state index contributed by atoms with van der Waals surface area (Å²) in [6, 6.07) is 12.2. The summed E-state index contributed by atoms with van der Waals surface area (Å²) in [6.07, 6.45) is 1.35. The van der Waals surface area contributed by atoms with Gasteiger partial charge in [-0.05, 0) is 55.5 Å². The molecule has 0 bridgehead atoms. The van der Waals surface area contributed by atoms with E-state index in [0.717, 1.165) is 0 Å². The minimum atomic E-state index is -0.635. The number of benzene rings is 2. The SMILES string of the molecule is COc1ccc(NC(=O)/C(C#N)=C/c2c(C)nn(-c3ccc(F)cc3)c2Cl)cc1Cl. The first-order chi connectivity index (χ1) is 14.3. The predicted molar refractivity (Wildman–Crippen MR) is 113 cm³/mol. The first-order valence-electron chi connectivity index (χ1n) is 8.61. The monoisotopic (exact) mass is 444 g/mol. The van der Waals surface area contributed by atoms with E-state index in [1.54, 1.807) is 19.1 Å². The Morgan fingerprint density at radius 2 is 1.97 bits per heavy atom. The van der Waals surface area contributed by atoms with Gasteiger partial charge in [0.15, 0.2) is 0 Å². The van der Waals surface area contributed by atoms with Gasteiger partial charge in [0.25, 0.3) is 5.91 Å². The standard InChI is InChI=1S/C21H15Cl2FN4O2/c1-12-17(20(23)28(27-12)16-6-3-14(24)4-7-16)9-13(11-25)21(29)26-15-5-8-19(30-2)18(22)10-15/h3-10H,1-2H3,(H,26,29)/b13-9+. The Balaban J connectivity index is 1.90. The number of aromatic nitrogens is 2. The maximum atomic E-state index is 13.2. The van der Waals surface area contributed by atoms with Crippen LogP contribution in [0.1, 0.15) is 11.3 Å². The molecular formula is C21H15Cl2FN4O2. The molecule has 30 heavy (non-hydrogen) atoms. The van der Waals surface area contributed by atoms with E-state index in [1.807, 2.05) is 6.07 Å². The highest BCUT2D eigenvalue weighted by molar-refractivity contribution is 6.32. The van der Waals surface area contributed by atoms with E-state index in [-0.39, 0.29) is 16.5 Å². The van der Waals surface area contributed by atoms with Gasteiger partial charge in [0, 0.05) is 11.3 Å². The van der Waals surface area contributed by atoms with Crippen LogP contribution in [0, 0.1) is 24.1 Å². The zero-order valence-electron chi connectivity index (χ0n) is 15.9. The molecule has 0 radical (unpaired) electrons. The molecule has 0 aliphatic rings. The Morgan fingerprint density at radius 1 is 1.27 bits per heavy atom. The van der Waals surface area contributed by atoms with Gasteiger partial charge in [-0.3, -0.25) is 4.79 Å². The van der Waals surface area contributed by atoms with E-state index in [4.69, 9.17) is 27.9 Å². The number of hydrogen-bond acceptors (Lipinski definition) is 4. The summed E-state index contributed by atoms with van der Waals surface area (Å²) in [6.45, 7) is 1.69. The Morgan fingerprint density at radius 3 is 2.57 bits per heavy atom. The van der Waals surface area contributed by atoms with Crippen molar-refractivity contribution < 1.29 is 13.9 Å². The van der Waals surface area contributed by atoms with E-state index in [1.165, 1.54) is 48.2 Å². The van der Waals surface area contributed by atoms with Gasteiger partial charge in [-0.2, -0.15) is 10.4 Å². The summed E-state index contributed by atoms with van der Waals surface area (Å²) in [5.41, 5.74) is 1.67. The average Bonchev–Trinajstić information content (AvgIpc) is 3.00. The van der Waals surface area contributed by atoms with Gasteiger partial charge in [-0.25, -0.2) is 9.07 Å². The van der Waals surface area contributed by atoms with Gasteiger partial charge in [0.05, 0.1) is 23.5 Å². The third-order valence-corrected chi connectivity index (χ3v) is 4.84. The zero-order valence-corrected chi connectivity index (χ0v) is 17.4. The first kappa shape index (κ1) is 21.4. The second-order valence-corrected chi connectivity index (χ2v) is 6.92. The second-order valence-electron chi connectivity index (χ2n) is 6.15. The summed E-state index contributed by atoms with van der Waals surface area (Å²) in [4.78, 5) is 12.6. The Hall–Kier alpha value is -3.34. The van der Waals surface area contributed by atoms with Gasteiger partial charge in [0.2, 0.25) is 0 Å². The highest BCUT2D eigenvalue weighted by atomic mass is 35.5. The number of anilines is 1. The van der Waals surface area contributed by atoms with Crippen LogP contribution in [0.3, 0.4) is 0 Å². The molecule has 3 aromatic rings. The number of hydrogen-bond donors (Lipinski definition) is 1. The Bertz CT molecular complexity index is 1180. The highest BCUT2D eigenvalue weighted by Crippen LogP contribution is 2.28. The van der Waals surface area contributed by atoms with Crippen molar-refractivity contribution in [1.29, 1.82) is 5.26 Å². The molecule has 0 aliphatic heterocycles. The molecule has 1 aromatic heterocycles. The van der Waals surface area contributed by atoms with Crippen LogP contribution in [0.15, 0.2) is 48.0 Å². The quantitative estimate of drug-likeness (QED) is 0.434. The molecule has 0 spiro atoms. The lowest BCUT2D eigenvalue weighted by atomic mass is 10.1. The van der Waals surface area contributed by atoms with Crippen molar-refractivity contribution in [3.63, 3.8) is 0 Å². The second kappa shape index (κ2) is 8.99. The fraction of sp³-hybridized carbons (Fsp3) is 0.0952. The molecule has 1 amide bonds. The fourth-order valence-electron chi connectivity index (χ4n) is 2.66. The lowest BCUT2D eigenvalue weighted by molar-refractivity contribution is -0.112. The largest absolute Gasteiger partial charge is 0.495 e. The molecule has 9 heteroatoms. The van der Waals surface area contributed by atoms with Crippen LogP contribution in [-0.4, -0.2) is 22.8 Å². The smallest absolute Gasteiger partial charge is 0.266 e. The van der Waals surface area contributed by atoms with E-state index < -0.39 is 5.91 Å². The van der Waals surface area contributed by atoms with E-state index >= 15 is 0 Å². The van der Waals surface area contributed by atoms with Crippen molar-refractivity contribution in [3.8, 4) is 17.5 Å². The van der Waals surface area contributed by atoms with Crippen molar-refractivity contribution in [2.45, 2.75) is 6.92 Å². The normalized spacial score (nSPS) is 11.1. The third kappa shape index (κ3) is 4.46. The summed E-state index contributed by atoms with van der Waals surface area (Å²) < 4.78 is 19.6. The predicted octanol–water partition coefficient (Wildman–Crippen LogP) is 5.18. The first-order valence-corrected chi connectivity index (χ1v) is 9.37. The molecule has 1 heterocycles. The van der Waals surface area contributed by atoms with Crippen LogP contribution < -0.4 is 10.1 Å². The number of carbonyl (C=O) groups is 1. The highest BCUT2D eigenvalue weighted by Gasteiger charge is 2.17. The van der Waals surface area contributed by atoms with Crippen LogP contribution in [0.25, 0.3) is 11.8 Å². The number of aryl methyl sites for hydroxylation is 1. The maximum absolute atomic E-state index is 13.2. The molecule has 3 rings (SSSR count).